The maximum absolute atomic E-state index is 10.5. The molecule has 0 bridgehead atoms. The molecule has 0 amide bonds. The second kappa shape index (κ2) is 9.35. The van der Waals surface area contributed by atoms with E-state index >= 15 is 0 Å². The van der Waals surface area contributed by atoms with Gasteiger partial charge in [0.2, 0.25) is 0 Å². The van der Waals surface area contributed by atoms with Crippen molar-refractivity contribution in [3.8, 4) is 6.07 Å². The van der Waals surface area contributed by atoms with E-state index < -0.39 is 0 Å². The quantitative estimate of drug-likeness (QED) is 0.360. The number of hydrogen-bond donors (Lipinski definition) is 0. The maximum Gasteiger partial charge on any atom is 0.313 e. The normalized spacial score (nSPS) is 13.3. The number of ether oxygens (including phenoxy) is 1. The van der Waals surface area contributed by atoms with Gasteiger partial charge in [0.05, 0.1) is 18.2 Å². The Balaban J connectivity index is 0.000000217. The van der Waals surface area contributed by atoms with E-state index in [4.69, 9.17) is 5.26 Å². The van der Waals surface area contributed by atoms with Crippen LogP contribution in [0.1, 0.15) is 18.4 Å². The van der Waals surface area contributed by atoms with E-state index in [0.29, 0.717) is 0 Å². The lowest BCUT2D eigenvalue weighted by atomic mass is 10.2. The van der Waals surface area contributed by atoms with Crippen LogP contribution in [0.5, 0.6) is 0 Å². The molecule has 1 aromatic rings. The molecule has 1 aliphatic carbocycles. The number of benzene rings is 1. The number of hydrogen-bond acceptors (Lipinski definition) is 3. The van der Waals surface area contributed by atoms with Gasteiger partial charge in [0.1, 0.15) is 0 Å². The van der Waals surface area contributed by atoms with E-state index in [1.165, 1.54) is 12.3 Å². The van der Waals surface area contributed by atoms with Gasteiger partial charge >= 0.3 is 5.97 Å². The minimum absolute atomic E-state index is 0.125. The molecule has 0 spiro atoms. The molecule has 0 heterocycles. The van der Waals surface area contributed by atoms with Gasteiger partial charge in [0.25, 0.3) is 0 Å². The van der Waals surface area contributed by atoms with Crippen molar-refractivity contribution in [1.29, 1.82) is 5.26 Å². The Morgan fingerprint density at radius 3 is 2.55 bits per heavy atom. The van der Waals surface area contributed by atoms with E-state index in [1.807, 2.05) is 48.6 Å². The van der Waals surface area contributed by atoms with Gasteiger partial charge in [0, 0.05) is 6.08 Å². The summed E-state index contributed by atoms with van der Waals surface area (Å²) in [6.45, 7) is 3.27. The molecule has 0 aliphatic heterocycles. The van der Waals surface area contributed by atoms with Gasteiger partial charge in [0.15, 0.2) is 0 Å². The van der Waals surface area contributed by atoms with Crippen molar-refractivity contribution < 1.29 is 9.53 Å². The zero-order valence-corrected chi connectivity index (χ0v) is 11.2. The number of carbonyl (C=O) groups excluding carboxylic acids is 1. The van der Waals surface area contributed by atoms with Crippen LogP contribution in [0.2, 0.25) is 0 Å². The second-order valence-electron chi connectivity index (χ2n) is 4.14. The molecular formula is C17H17NO2. The van der Waals surface area contributed by atoms with E-state index in [9.17, 15) is 4.79 Å². The molecule has 102 valence electrons. The van der Waals surface area contributed by atoms with Crippen LogP contribution in [0.4, 0.5) is 0 Å². The fourth-order valence-electron chi connectivity index (χ4n) is 1.33. The molecule has 1 aromatic carbocycles. The molecule has 20 heavy (non-hydrogen) atoms. The third kappa shape index (κ3) is 6.97. The Labute approximate surface area is 119 Å². The van der Waals surface area contributed by atoms with Gasteiger partial charge in [-0.25, -0.2) is 0 Å². The Bertz CT molecular complexity index is 520. The molecule has 1 saturated carbocycles. The molecule has 2 rings (SSSR count). The topological polar surface area (TPSA) is 50.1 Å². The Kier molecular flexibility index (Phi) is 7.22. The third-order valence-electron chi connectivity index (χ3n) is 2.48. The van der Waals surface area contributed by atoms with Gasteiger partial charge in [-0.2, -0.15) is 5.26 Å². The molecule has 0 saturated heterocycles. The van der Waals surface area contributed by atoms with Crippen LogP contribution in [-0.4, -0.2) is 5.97 Å². The second-order valence-corrected chi connectivity index (χ2v) is 4.14. The average molecular weight is 267 g/mol. The highest BCUT2D eigenvalue weighted by Gasteiger charge is 2.30. The zero-order valence-electron chi connectivity index (χ0n) is 11.2. The smallest absolute Gasteiger partial charge is 0.313 e. The largest absolute Gasteiger partial charge is 0.435 e. The highest BCUT2D eigenvalue weighted by atomic mass is 16.5. The van der Waals surface area contributed by atoms with E-state index in [2.05, 4.69) is 11.3 Å². The lowest BCUT2D eigenvalue weighted by Gasteiger charge is -1.90. The summed E-state index contributed by atoms with van der Waals surface area (Å²) in [4.78, 5) is 10.5. The highest BCUT2D eigenvalue weighted by molar-refractivity contribution is 5.75. The summed E-state index contributed by atoms with van der Waals surface area (Å²) in [5.74, 6) is 0.0630. The predicted molar refractivity (Wildman–Crippen MR) is 79.2 cm³/mol. The van der Waals surface area contributed by atoms with Crippen LogP contribution in [0.15, 0.2) is 61.4 Å². The fourth-order valence-corrected chi connectivity index (χ4v) is 1.33. The zero-order chi connectivity index (χ0) is 14.6. The molecule has 1 fully saturated rings. The first kappa shape index (κ1) is 15.5. The number of nitrogens with zero attached hydrogens (tertiary/aromatic N) is 1. The first-order valence-corrected chi connectivity index (χ1v) is 6.37. The number of carbonyl (C=O) groups is 1. The lowest BCUT2D eigenvalue weighted by Crippen LogP contribution is -2.00. The monoisotopic (exact) mass is 267 g/mol. The summed E-state index contributed by atoms with van der Waals surface area (Å²) < 4.78 is 4.49. The Hall–Kier alpha value is -2.60. The lowest BCUT2D eigenvalue weighted by molar-refractivity contribution is -0.139. The van der Waals surface area contributed by atoms with Crippen molar-refractivity contribution in [3.05, 3.63) is 67.0 Å². The van der Waals surface area contributed by atoms with Crippen molar-refractivity contribution in [2.45, 2.75) is 12.8 Å². The van der Waals surface area contributed by atoms with E-state index in [1.54, 1.807) is 6.08 Å². The summed E-state index contributed by atoms with van der Waals surface area (Å²) in [6.07, 6.45) is 10.1. The van der Waals surface area contributed by atoms with E-state index in [-0.39, 0.29) is 11.9 Å². The first-order valence-electron chi connectivity index (χ1n) is 6.37. The molecule has 3 heteroatoms. The average Bonchev–Trinajstić information content (AvgIpc) is 3.30. The molecular weight excluding hydrogens is 250 g/mol. The molecule has 0 atom stereocenters. The van der Waals surface area contributed by atoms with Gasteiger partial charge in [-0.15, -0.1) is 0 Å². The molecule has 3 nitrogen and oxygen atoms in total. The standard InChI is InChI=1S/C11H9N.C6H8O2/c12-10-6-2-5-9-11-7-3-1-4-8-11;1-2-8-6(7)5-3-4-5/h1-9H;2,5H,1,3-4H2. The predicted octanol–water partition coefficient (Wildman–Crippen LogP) is 3.86. The Morgan fingerprint density at radius 1 is 1.30 bits per heavy atom. The van der Waals surface area contributed by atoms with Crippen LogP contribution in [0, 0.1) is 17.2 Å². The fraction of sp³-hybridized carbons (Fsp3) is 0.176. The minimum Gasteiger partial charge on any atom is -0.435 e. The summed E-state index contributed by atoms with van der Waals surface area (Å²) >= 11 is 0. The van der Waals surface area contributed by atoms with Crippen molar-refractivity contribution in [3.63, 3.8) is 0 Å². The van der Waals surface area contributed by atoms with Crippen molar-refractivity contribution >= 4 is 12.0 Å². The summed E-state index contributed by atoms with van der Waals surface area (Å²) in [5.41, 5.74) is 1.14. The summed E-state index contributed by atoms with van der Waals surface area (Å²) in [6, 6.07) is 11.9. The molecule has 0 unspecified atom stereocenters. The third-order valence-corrected chi connectivity index (χ3v) is 2.48. The molecule has 1 aliphatic rings. The van der Waals surface area contributed by atoms with Crippen molar-refractivity contribution in [1.82, 2.24) is 0 Å². The number of rotatable bonds is 4. The van der Waals surface area contributed by atoms with Crippen molar-refractivity contribution in [2.24, 2.45) is 5.92 Å². The SMILES string of the molecule is C=COC(=O)C1CC1.N#CC=CC=Cc1ccccc1. The van der Waals surface area contributed by atoms with Crippen LogP contribution in [0.3, 0.4) is 0 Å². The van der Waals surface area contributed by atoms with Crippen LogP contribution in [0.25, 0.3) is 6.08 Å². The Morgan fingerprint density at radius 2 is 2.00 bits per heavy atom. The molecule has 0 N–H and O–H groups in total. The van der Waals surface area contributed by atoms with Crippen LogP contribution in [-0.2, 0) is 9.53 Å². The van der Waals surface area contributed by atoms with Crippen molar-refractivity contribution in [2.75, 3.05) is 0 Å². The minimum atomic E-state index is -0.125. The number of nitriles is 1. The number of allylic oxidation sites excluding steroid dienone is 3. The molecule has 0 aromatic heterocycles. The van der Waals surface area contributed by atoms with Gasteiger partial charge in [-0.3, -0.25) is 4.79 Å². The van der Waals surface area contributed by atoms with E-state index in [0.717, 1.165) is 18.4 Å². The van der Waals surface area contributed by atoms with Crippen LogP contribution >= 0.6 is 0 Å². The van der Waals surface area contributed by atoms with Gasteiger partial charge in [-0.1, -0.05) is 55.1 Å². The number of esters is 1. The summed E-state index contributed by atoms with van der Waals surface area (Å²) in [7, 11) is 0. The first-order chi connectivity index (χ1) is 9.77. The van der Waals surface area contributed by atoms with Gasteiger partial charge < -0.3 is 4.74 Å². The molecule has 0 radical (unpaired) electrons. The summed E-state index contributed by atoms with van der Waals surface area (Å²) in [5, 5.41) is 8.19. The van der Waals surface area contributed by atoms with Gasteiger partial charge in [-0.05, 0) is 18.4 Å². The maximum atomic E-state index is 10.5. The highest BCUT2D eigenvalue weighted by Crippen LogP contribution is 2.29. The van der Waals surface area contributed by atoms with Crippen LogP contribution < -0.4 is 0 Å².